The number of carbonyl (C=O) groups excluding carboxylic acids is 1. The zero-order chi connectivity index (χ0) is 18.9. The summed E-state index contributed by atoms with van der Waals surface area (Å²) in [5, 5.41) is 2.68. The number of sulfonamides is 1. The molecule has 2 aromatic rings. The average Bonchev–Trinajstić information content (AvgIpc) is 2.74. The van der Waals surface area contributed by atoms with Crippen molar-refractivity contribution in [3.8, 4) is 11.5 Å². The fraction of sp³-hybridized carbons (Fsp3) is 0.235. The van der Waals surface area contributed by atoms with E-state index in [-0.39, 0.29) is 34.4 Å². The second-order valence-electron chi connectivity index (χ2n) is 5.65. The van der Waals surface area contributed by atoms with Crippen LogP contribution in [0.5, 0.6) is 11.5 Å². The number of amides is 1. The zero-order valence-electron chi connectivity index (χ0n) is 14.2. The molecule has 0 saturated heterocycles. The highest BCUT2D eigenvalue weighted by atomic mass is 35.5. The molecule has 1 heterocycles. The van der Waals surface area contributed by atoms with Crippen molar-refractivity contribution in [2.75, 3.05) is 32.6 Å². The van der Waals surface area contributed by atoms with E-state index in [1.54, 1.807) is 24.3 Å². The predicted octanol–water partition coefficient (Wildman–Crippen LogP) is 2.96. The highest BCUT2D eigenvalue weighted by molar-refractivity contribution is 7.89. The van der Waals surface area contributed by atoms with E-state index in [9.17, 15) is 13.2 Å². The number of likely N-dealkylation sites (N-methyl/N-ethyl adjacent to an activating group) is 1. The van der Waals surface area contributed by atoms with Crippen LogP contribution >= 0.6 is 11.6 Å². The number of nitrogens with zero attached hydrogens (tertiary/aromatic N) is 1. The van der Waals surface area contributed by atoms with Crippen LogP contribution in [0.2, 0.25) is 5.02 Å². The molecule has 0 saturated carbocycles. The summed E-state index contributed by atoms with van der Waals surface area (Å²) < 4.78 is 37.3. The highest BCUT2D eigenvalue weighted by Crippen LogP contribution is 2.39. The molecule has 0 unspecified atom stereocenters. The molecule has 0 bridgehead atoms. The molecule has 0 radical (unpaired) electrons. The summed E-state index contributed by atoms with van der Waals surface area (Å²) in [6.45, 7) is 0.386. The quantitative estimate of drug-likeness (QED) is 0.839. The van der Waals surface area contributed by atoms with Gasteiger partial charge in [0, 0.05) is 26.8 Å². The van der Waals surface area contributed by atoms with Crippen molar-refractivity contribution >= 4 is 33.2 Å². The summed E-state index contributed by atoms with van der Waals surface area (Å²) in [6.07, 6.45) is 0. The lowest BCUT2D eigenvalue weighted by atomic mass is 10.2. The van der Waals surface area contributed by atoms with Gasteiger partial charge in [-0.3, -0.25) is 4.79 Å². The van der Waals surface area contributed by atoms with E-state index in [0.717, 1.165) is 4.31 Å². The van der Waals surface area contributed by atoms with Gasteiger partial charge in [-0.2, -0.15) is 4.31 Å². The Balaban J connectivity index is 2.06. The van der Waals surface area contributed by atoms with Crippen LogP contribution in [-0.4, -0.2) is 45.9 Å². The topological polar surface area (TPSA) is 84.9 Å². The van der Waals surface area contributed by atoms with Gasteiger partial charge in [-0.15, -0.1) is 0 Å². The van der Waals surface area contributed by atoms with Crippen LogP contribution in [-0.2, 0) is 14.8 Å². The molecule has 26 heavy (non-hydrogen) atoms. The number of ether oxygens (including phenoxy) is 2. The Morgan fingerprint density at radius 1 is 1.23 bits per heavy atom. The number of hydrogen-bond acceptors (Lipinski definition) is 5. The molecule has 1 aliphatic heterocycles. The van der Waals surface area contributed by atoms with Crippen LogP contribution in [0.4, 0.5) is 5.69 Å². The Bertz CT molecular complexity index is 962. The lowest BCUT2D eigenvalue weighted by molar-refractivity contribution is 0.102. The van der Waals surface area contributed by atoms with Gasteiger partial charge >= 0.3 is 0 Å². The van der Waals surface area contributed by atoms with Gasteiger partial charge in [0.1, 0.15) is 10.6 Å². The van der Waals surface area contributed by atoms with Crippen molar-refractivity contribution in [3.05, 3.63) is 47.0 Å². The molecule has 0 aromatic heterocycles. The molecule has 1 amide bonds. The van der Waals surface area contributed by atoms with Crippen LogP contribution in [0.25, 0.3) is 0 Å². The van der Waals surface area contributed by atoms with E-state index in [1.807, 2.05) is 0 Å². The van der Waals surface area contributed by atoms with E-state index < -0.39 is 15.9 Å². The first-order valence-corrected chi connectivity index (χ1v) is 9.53. The second kappa shape index (κ2) is 7.24. The number of hydrogen-bond donors (Lipinski definition) is 1. The molecular formula is C17H17ClN2O5S. The molecule has 0 aliphatic carbocycles. The fourth-order valence-electron chi connectivity index (χ4n) is 2.47. The van der Waals surface area contributed by atoms with Crippen LogP contribution in [0.15, 0.2) is 41.3 Å². The Kier molecular flexibility index (Phi) is 5.19. The third-order valence-corrected chi connectivity index (χ3v) is 6.25. The van der Waals surface area contributed by atoms with Crippen LogP contribution in [0, 0.1) is 0 Å². The lowest BCUT2D eigenvalue weighted by Crippen LogP contribution is -2.30. The van der Waals surface area contributed by atoms with Crippen molar-refractivity contribution < 1.29 is 22.7 Å². The first-order chi connectivity index (χ1) is 12.3. The molecule has 9 heteroatoms. The van der Waals surface area contributed by atoms with Gasteiger partial charge in [-0.25, -0.2) is 8.42 Å². The Morgan fingerprint density at radius 3 is 2.69 bits per heavy atom. The average molecular weight is 397 g/mol. The van der Waals surface area contributed by atoms with E-state index in [1.165, 1.54) is 26.3 Å². The van der Waals surface area contributed by atoms with Gasteiger partial charge < -0.3 is 14.8 Å². The standard InChI is InChI=1S/C17H17ClN2O5S/c1-20(7-8-24-2)26(22,23)16-9-11-15(10-12(16)18)25-14-6-4-3-5-13(14)19-17(11)21/h3-6,9-10H,7-8H2,1-2H3,(H,19,21). The Hall–Kier alpha value is -2.13. The highest BCUT2D eigenvalue weighted by Gasteiger charge is 2.29. The van der Waals surface area contributed by atoms with E-state index in [2.05, 4.69) is 5.32 Å². The minimum atomic E-state index is -3.89. The molecule has 0 atom stereocenters. The van der Waals surface area contributed by atoms with E-state index in [0.29, 0.717) is 11.4 Å². The summed E-state index contributed by atoms with van der Waals surface area (Å²) in [5.74, 6) is 0.164. The molecule has 1 aliphatic rings. The number of fused-ring (bicyclic) bond motifs is 2. The number of carbonyl (C=O) groups is 1. The van der Waals surface area contributed by atoms with Crippen molar-refractivity contribution in [2.45, 2.75) is 4.90 Å². The monoisotopic (exact) mass is 396 g/mol. The smallest absolute Gasteiger partial charge is 0.259 e. The number of rotatable bonds is 5. The largest absolute Gasteiger partial charge is 0.454 e. The van der Waals surface area contributed by atoms with Gasteiger partial charge in [0.05, 0.1) is 22.9 Å². The first-order valence-electron chi connectivity index (χ1n) is 7.71. The lowest BCUT2D eigenvalue weighted by Gasteiger charge is -2.18. The minimum Gasteiger partial charge on any atom is -0.454 e. The summed E-state index contributed by atoms with van der Waals surface area (Å²) >= 11 is 6.20. The summed E-state index contributed by atoms with van der Waals surface area (Å²) in [6, 6.07) is 9.49. The predicted molar refractivity (Wildman–Crippen MR) is 97.6 cm³/mol. The van der Waals surface area contributed by atoms with E-state index in [4.69, 9.17) is 21.1 Å². The normalized spacial score (nSPS) is 13.5. The zero-order valence-corrected chi connectivity index (χ0v) is 15.7. The second-order valence-corrected chi connectivity index (χ2v) is 8.07. The van der Waals surface area contributed by atoms with Crippen LogP contribution in [0.1, 0.15) is 10.4 Å². The first kappa shape index (κ1) is 18.7. The SMILES string of the molecule is COCCN(C)S(=O)(=O)c1cc2c(cc1Cl)Oc1ccccc1NC2=O. The minimum absolute atomic E-state index is 0.0276. The molecule has 1 N–H and O–H groups in total. The van der Waals surface area contributed by atoms with Crippen LogP contribution in [0.3, 0.4) is 0 Å². The summed E-state index contributed by atoms with van der Waals surface area (Å²) in [5.41, 5.74) is 0.579. The van der Waals surface area contributed by atoms with Crippen LogP contribution < -0.4 is 10.1 Å². The molecule has 2 aromatic carbocycles. The molecule has 7 nitrogen and oxygen atoms in total. The number of methoxy groups -OCH3 is 1. The number of para-hydroxylation sites is 2. The number of halogens is 1. The Morgan fingerprint density at radius 2 is 1.96 bits per heavy atom. The Labute approximate surface area is 156 Å². The third-order valence-electron chi connectivity index (χ3n) is 3.93. The van der Waals surface area contributed by atoms with Crippen molar-refractivity contribution in [1.82, 2.24) is 4.31 Å². The maximum atomic E-state index is 12.8. The van der Waals surface area contributed by atoms with E-state index >= 15 is 0 Å². The van der Waals surface area contributed by atoms with Gasteiger partial charge in [0.15, 0.2) is 5.75 Å². The molecule has 3 rings (SSSR count). The maximum absolute atomic E-state index is 12.8. The maximum Gasteiger partial charge on any atom is 0.259 e. The van der Waals surface area contributed by atoms with Crippen molar-refractivity contribution in [2.24, 2.45) is 0 Å². The van der Waals surface area contributed by atoms with Crippen molar-refractivity contribution in [1.29, 1.82) is 0 Å². The fourth-order valence-corrected chi connectivity index (χ4v) is 4.14. The van der Waals surface area contributed by atoms with Gasteiger partial charge in [0.25, 0.3) is 5.91 Å². The summed E-state index contributed by atoms with van der Waals surface area (Å²) in [7, 11) is -0.992. The van der Waals surface area contributed by atoms with Gasteiger partial charge in [-0.05, 0) is 18.2 Å². The summed E-state index contributed by atoms with van der Waals surface area (Å²) in [4.78, 5) is 12.4. The number of benzene rings is 2. The van der Waals surface area contributed by atoms with Gasteiger partial charge in [0.2, 0.25) is 10.0 Å². The number of nitrogens with one attached hydrogen (secondary N) is 1. The molecule has 138 valence electrons. The molecule has 0 fully saturated rings. The van der Waals surface area contributed by atoms with Crippen molar-refractivity contribution in [3.63, 3.8) is 0 Å². The third kappa shape index (κ3) is 3.41. The molecule has 0 spiro atoms. The van der Waals surface area contributed by atoms with Gasteiger partial charge in [-0.1, -0.05) is 23.7 Å². The molecular weight excluding hydrogens is 380 g/mol. The number of anilines is 1.